The van der Waals surface area contributed by atoms with Gasteiger partial charge in [-0.25, -0.2) is 4.98 Å². The lowest BCUT2D eigenvalue weighted by Gasteiger charge is -2.21. The van der Waals surface area contributed by atoms with E-state index in [1.165, 1.54) is 19.3 Å². The molecular weight excluding hydrogens is 266 g/mol. The van der Waals surface area contributed by atoms with E-state index in [1.807, 2.05) is 23.9 Å². The van der Waals surface area contributed by atoms with E-state index >= 15 is 0 Å². The van der Waals surface area contributed by atoms with Crippen molar-refractivity contribution in [3.8, 4) is 0 Å². The third kappa shape index (κ3) is 1.79. The lowest BCUT2D eigenvalue weighted by atomic mass is 10.2. The number of halogens is 1. The molecule has 96 valence electrons. The molecule has 18 heavy (non-hydrogen) atoms. The first-order chi connectivity index (χ1) is 8.72. The van der Waals surface area contributed by atoms with Crippen LogP contribution < -0.4 is 5.73 Å². The molecule has 0 aliphatic heterocycles. The zero-order chi connectivity index (χ0) is 12.7. The summed E-state index contributed by atoms with van der Waals surface area (Å²) in [7, 11) is 0. The van der Waals surface area contributed by atoms with Crippen molar-refractivity contribution in [2.45, 2.75) is 30.6 Å². The molecule has 1 aromatic heterocycles. The van der Waals surface area contributed by atoms with Crippen molar-refractivity contribution in [1.82, 2.24) is 9.55 Å². The highest BCUT2D eigenvalue weighted by Crippen LogP contribution is 2.41. The van der Waals surface area contributed by atoms with Crippen LogP contribution in [0.2, 0.25) is 5.02 Å². The SMILES string of the molecule is CSC1CCCC1n1c(N)nc2c(Cl)cccc21. The molecule has 1 heterocycles. The molecular formula is C13H16ClN3S. The molecule has 1 aliphatic rings. The van der Waals surface area contributed by atoms with Crippen LogP contribution in [0.25, 0.3) is 11.0 Å². The fraction of sp³-hybridized carbons (Fsp3) is 0.462. The maximum absolute atomic E-state index is 6.18. The van der Waals surface area contributed by atoms with Gasteiger partial charge in [0, 0.05) is 11.3 Å². The molecule has 0 saturated heterocycles. The predicted octanol–water partition coefficient (Wildman–Crippen LogP) is 3.73. The van der Waals surface area contributed by atoms with E-state index in [0.29, 0.717) is 22.3 Å². The van der Waals surface area contributed by atoms with Gasteiger partial charge in [0.1, 0.15) is 5.52 Å². The summed E-state index contributed by atoms with van der Waals surface area (Å²) in [4.78, 5) is 4.43. The van der Waals surface area contributed by atoms with E-state index in [-0.39, 0.29) is 0 Å². The topological polar surface area (TPSA) is 43.8 Å². The number of hydrogen-bond acceptors (Lipinski definition) is 3. The molecule has 2 atom stereocenters. The number of nitrogen functional groups attached to an aromatic ring is 1. The van der Waals surface area contributed by atoms with Gasteiger partial charge in [-0.1, -0.05) is 24.1 Å². The van der Waals surface area contributed by atoms with Crippen LogP contribution >= 0.6 is 23.4 Å². The minimum Gasteiger partial charge on any atom is -0.369 e. The Bertz CT molecular complexity index is 581. The van der Waals surface area contributed by atoms with E-state index < -0.39 is 0 Å². The van der Waals surface area contributed by atoms with E-state index in [9.17, 15) is 0 Å². The zero-order valence-corrected chi connectivity index (χ0v) is 11.8. The van der Waals surface area contributed by atoms with E-state index in [0.717, 1.165) is 11.0 Å². The average Bonchev–Trinajstić information content (AvgIpc) is 2.93. The summed E-state index contributed by atoms with van der Waals surface area (Å²) in [5.41, 5.74) is 7.99. The van der Waals surface area contributed by atoms with Gasteiger partial charge >= 0.3 is 0 Å². The molecule has 1 aromatic carbocycles. The Balaban J connectivity index is 2.16. The van der Waals surface area contributed by atoms with E-state index in [2.05, 4.69) is 21.9 Å². The minimum atomic E-state index is 0.448. The summed E-state index contributed by atoms with van der Waals surface area (Å²) in [6.07, 6.45) is 5.86. The lowest BCUT2D eigenvalue weighted by molar-refractivity contribution is 0.550. The maximum Gasteiger partial charge on any atom is 0.201 e. The number of thioether (sulfide) groups is 1. The van der Waals surface area contributed by atoms with Crippen molar-refractivity contribution in [3.05, 3.63) is 23.2 Å². The molecule has 5 heteroatoms. The zero-order valence-electron chi connectivity index (χ0n) is 10.3. The first kappa shape index (κ1) is 12.2. The summed E-state index contributed by atoms with van der Waals surface area (Å²) in [5.74, 6) is 0.587. The summed E-state index contributed by atoms with van der Waals surface area (Å²) in [5, 5.41) is 1.31. The highest BCUT2D eigenvalue weighted by atomic mass is 35.5. The largest absolute Gasteiger partial charge is 0.369 e. The number of benzene rings is 1. The summed E-state index contributed by atoms with van der Waals surface area (Å²) in [6.45, 7) is 0. The highest BCUT2D eigenvalue weighted by Gasteiger charge is 2.30. The molecule has 2 unspecified atom stereocenters. The van der Waals surface area contributed by atoms with Gasteiger partial charge in [0.05, 0.1) is 10.5 Å². The Kier molecular flexibility index (Phi) is 3.16. The van der Waals surface area contributed by atoms with Crippen molar-refractivity contribution >= 4 is 40.3 Å². The van der Waals surface area contributed by atoms with Crippen molar-refractivity contribution < 1.29 is 0 Å². The van der Waals surface area contributed by atoms with Crippen molar-refractivity contribution in [2.75, 3.05) is 12.0 Å². The van der Waals surface area contributed by atoms with Crippen LogP contribution in [0.4, 0.5) is 5.95 Å². The van der Waals surface area contributed by atoms with Crippen LogP contribution in [-0.4, -0.2) is 21.1 Å². The van der Waals surface area contributed by atoms with Gasteiger partial charge in [-0.3, -0.25) is 0 Å². The Morgan fingerprint density at radius 2 is 2.28 bits per heavy atom. The van der Waals surface area contributed by atoms with Crippen molar-refractivity contribution in [2.24, 2.45) is 0 Å². The molecule has 0 radical (unpaired) electrons. The molecule has 1 aliphatic carbocycles. The summed E-state index contributed by atoms with van der Waals surface area (Å²) < 4.78 is 2.18. The number of aromatic nitrogens is 2. The molecule has 1 fully saturated rings. The Hall–Kier alpha value is -0.870. The molecule has 0 amide bonds. The van der Waals surface area contributed by atoms with Crippen LogP contribution in [0, 0.1) is 0 Å². The third-order valence-corrected chi connectivity index (χ3v) is 5.21. The standard InChI is InChI=1S/C13H16ClN3S/c1-18-11-7-3-5-9(11)17-10-6-2-4-8(14)12(10)16-13(17)15/h2,4,6,9,11H,3,5,7H2,1H3,(H2,15,16). The summed E-state index contributed by atoms with van der Waals surface area (Å²) >= 11 is 8.11. The van der Waals surface area contributed by atoms with Gasteiger partial charge in [-0.05, 0) is 31.2 Å². The van der Waals surface area contributed by atoms with Crippen LogP contribution in [0.1, 0.15) is 25.3 Å². The van der Waals surface area contributed by atoms with Crippen LogP contribution in [-0.2, 0) is 0 Å². The van der Waals surface area contributed by atoms with E-state index in [1.54, 1.807) is 0 Å². The monoisotopic (exact) mass is 281 g/mol. The number of imidazole rings is 1. The number of nitrogens with two attached hydrogens (primary N) is 1. The van der Waals surface area contributed by atoms with Gasteiger partial charge in [-0.15, -0.1) is 0 Å². The Morgan fingerprint density at radius 3 is 3.06 bits per heavy atom. The predicted molar refractivity (Wildman–Crippen MR) is 79.3 cm³/mol. The molecule has 0 bridgehead atoms. The van der Waals surface area contributed by atoms with Crippen molar-refractivity contribution in [3.63, 3.8) is 0 Å². The fourth-order valence-corrected chi connectivity index (χ4v) is 4.11. The molecule has 2 aromatic rings. The first-order valence-corrected chi connectivity index (χ1v) is 7.83. The quantitative estimate of drug-likeness (QED) is 0.912. The second-order valence-electron chi connectivity index (χ2n) is 4.72. The van der Waals surface area contributed by atoms with Gasteiger partial charge in [0.2, 0.25) is 5.95 Å². The maximum atomic E-state index is 6.18. The smallest absolute Gasteiger partial charge is 0.201 e. The van der Waals surface area contributed by atoms with Crippen LogP contribution in [0.5, 0.6) is 0 Å². The molecule has 1 saturated carbocycles. The van der Waals surface area contributed by atoms with Crippen LogP contribution in [0.15, 0.2) is 18.2 Å². The number of fused-ring (bicyclic) bond motifs is 1. The second-order valence-corrected chi connectivity index (χ2v) is 6.20. The first-order valence-electron chi connectivity index (χ1n) is 6.17. The number of anilines is 1. The Morgan fingerprint density at radius 1 is 1.44 bits per heavy atom. The second kappa shape index (κ2) is 4.67. The van der Waals surface area contributed by atoms with Gasteiger partial charge < -0.3 is 10.3 Å². The van der Waals surface area contributed by atoms with Gasteiger partial charge in [0.25, 0.3) is 0 Å². The average molecular weight is 282 g/mol. The van der Waals surface area contributed by atoms with Gasteiger partial charge in [0.15, 0.2) is 0 Å². The molecule has 3 rings (SSSR count). The fourth-order valence-electron chi connectivity index (χ4n) is 2.93. The van der Waals surface area contributed by atoms with E-state index in [4.69, 9.17) is 17.3 Å². The number of hydrogen-bond donors (Lipinski definition) is 1. The summed E-state index contributed by atoms with van der Waals surface area (Å²) in [6, 6.07) is 6.33. The number of para-hydroxylation sites is 1. The molecule has 0 spiro atoms. The highest BCUT2D eigenvalue weighted by molar-refractivity contribution is 7.99. The lowest BCUT2D eigenvalue weighted by Crippen LogP contribution is -2.17. The third-order valence-electron chi connectivity index (χ3n) is 3.75. The Labute approximate surface area is 116 Å². The number of nitrogens with zero attached hydrogens (tertiary/aromatic N) is 2. The molecule has 3 nitrogen and oxygen atoms in total. The van der Waals surface area contributed by atoms with Crippen LogP contribution in [0.3, 0.4) is 0 Å². The molecule has 2 N–H and O–H groups in total. The van der Waals surface area contributed by atoms with Gasteiger partial charge in [-0.2, -0.15) is 11.8 Å². The normalized spacial score (nSPS) is 23.9. The number of rotatable bonds is 2. The van der Waals surface area contributed by atoms with Crippen molar-refractivity contribution in [1.29, 1.82) is 0 Å². The minimum absolute atomic E-state index is 0.448.